The molecule has 0 atom stereocenters. The summed E-state index contributed by atoms with van der Waals surface area (Å²) in [7, 11) is 0. The first-order valence-electron chi connectivity index (χ1n) is 8.32. The van der Waals surface area contributed by atoms with Crippen molar-refractivity contribution >= 4 is 29.0 Å². The number of nitrogens with zero attached hydrogens (tertiary/aromatic N) is 4. The molecule has 140 valence electrons. The van der Waals surface area contributed by atoms with E-state index in [0.29, 0.717) is 5.16 Å². The SMILES string of the molecule is O=C(CSc1nnc2c(=O)n(-c3ccccc3)ccn12)Nc1ccccc1F. The molecule has 7 nitrogen and oxygen atoms in total. The smallest absolute Gasteiger partial charge is 0.300 e. The topological polar surface area (TPSA) is 81.3 Å². The summed E-state index contributed by atoms with van der Waals surface area (Å²) in [4.78, 5) is 24.7. The second-order valence-corrected chi connectivity index (χ2v) is 6.74. The molecular weight excluding hydrogens is 381 g/mol. The number of carbonyl (C=O) groups is 1. The van der Waals surface area contributed by atoms with Gasteiger partial charge in [0.15, 0.2) is 5.16 Å². The molecule has 0 aliphatic heterocycles. The molecule has 4 aromatic rings. The number of fused-ring (bicyclic) bond motifs is 1. The highest BCUT2D eigenvalue weighted by Gasteiger charge is 2.14. The van der Waals surface area contributed by atoms with Crippen LogP contribution in [0.5, 0.6) is 0 Å². The van der Waals surface area contributed by atoms with Gasteiger partial charge in [-0.3, -0.25) is 18.6 Å². The highest BCUT2D eigenvalue weighted by atomic mass is 32.2. The quantitative estimate of drug-likeness (QED) is 0.526. The van der Waals surface area contributed by atoms with Gasteiger partial charge in [0.05, 0.1) is 11.4 Å². The number of anilines is 1. The molecule has 0 radical (unpaired) electrons. The fourth-order valence-electron chi connectivity index (χ4n) is 2.64. The number of nitrogens with one attached hydrogen (secondary N) is 1. The molecule has 2 aromatic heterocycles. The van der Waals surface area contributed by atoms with E-state index < -0.39 is 5.82 Å². The van der Waals surface area contributed by atoms with Crippen LogP contribution < -0.4 is 10.9 Å². The van der Waals surface area contributed by atoms with Crippen LogP contribution in [0.15, 0.2) is 76.9 Å². The Morgan fingerprint density at radius 2 is 1.79 bits per heavy atom. The van der Waals surface area contributed by atoms with E-state index in [1.807, 2.05) is 30.3 Å². The standard InChI is InChI=1S/C19H14FN5O2S/c20-14-8-4-5-9-15(14)21-16(26)12-28-19-23-22-17-18(27)24(10-11-25(17)19)13-6-2-1-3-7-13/h1-11H,12H2,(H,21,26). The summed E-state index contributed by atoms with van der Waals surface area (Å²) >= 11 is 1.11. The Hall–Kier alpha value is -3.46. The van der Waals surface area contributed by atoms with Crippen LogP contribution in [0.1, 0.15) is 0 Å². The van der Waals surface area contributed by atoms with E-state index in [0.717, 1.165) is 17.4 Å². The van der Waals surface area contributed by atoms with E-state index >= 15 is 0 Å². The third-order valence-electron chi connectivity index (χ3n) is 3.95. The molecule has 0 unspecified atom stereocenters. The minimum atomic E-state index is -0.504. The second-order valence-electron chi connectivity index (χ2n) is 5.80. The number of hydrogen-bond acceptors (Lipinski definition) is 5. The van der Waals surface area contributed by atoms with Gasteiger partial charge in [-0.25, -0.2) is 4.39 Å². The Morgan fingerprint density at radius 1 is 1.04 bits per heavy atom. The van der Waals surface area contributed by atoms with Crippen LogP contribution in [0.25, 0.3) is 11.3 Å². The lowest BCUT2D eigenvalue weighted by molar-refractivity contribution is -0.113. The summed E-state index contributed by atoms with van der Waals surface area (Å²) in [5.74, 6) is -0.892. The van der Waals surface area contributed by atoms with Crippen molar-refractivity contribution in [2.75, 3.05) is 11.1 Å². The molecule has 2 aromatic carbocycles. The summed E-state index contributed by atoms with van der Waals surface area (Å²) in [6, 6.07) is 15.1. The van der Waals surface area contributed by atoms with E-state index in [4.69, 9.17) is 0 Å². The summed E-state index contributed by atoms with van der Waals surface area (Å²) in [6.07, 6.45) is 3.29. The van der Waals surface area contributed by atoms with Crippen LogP contribution >= 0.6 is 11.8 Å². The lowest BCUT2D eigenvalue weighted by Crippen LogP contribution is -2.20. The zero-order valence-electron chi connectivity index (χ0n) is 14.4. The fraction of sp³-hybridized carbons (Fsp3) is 0.0526. The number of hydrogen-bond donors (Lipinski definition) is 1. The van der Waals surface area contributed by atoms with Crippen molar-refractivity contribution in [1.29, 1.82) is 0 Å². The van der Waals surface area contributed by atoms with Gasteiger partial charge < -0.3 is 5.32 Å². The number of amides is 1. The first-order chi connectivity index (χ1) is 13.6. The molecule has 9 heteroatoms. The normalized spacial score (nSPS) is 10.9. The van der Waals surface area contributed by atoms with Gasteiger partial charge in [-0.05, 0) is 24.3 Å². The minimum absolute atomic E-state index is 0.00308. The summed E-state index contributed by atoms with van der Waals surface area (Å²) in [5.41, 5.74) is 0.675. The Bertz CT molecular complexity index is 1210. The summed E-state index contributed by atoms with van der Waals surface area (Å²) in [5, 5.41) is 10.8. The van der Waals surface area contributed by atoms with Gasteiger partial charge >= 0.3 is 5.56 Å². The van der Waals surface area contributed by atoms with Crippen LogP contribution in [0, 0.1) is 5.82 Å². The molecule has 0 bridgehead atoms. The maximum absolute atomic E-state index is 13.6. The average molecular weight is 395 g/mol. The van der Waals surface area contributed by atoms with Crippen LogP contribution in [0.3, 0.4) is 0 Å². The monoisotopic (exact) mass is 395 g/mol. The Kier molecular flexibility index (Phi) is 4.90. The number of thioether (sulfide) groups is 1. The van der Waals surface area contributed by atoms with Crippen LogP contribution in [0.2, 0.25) is 0 Å². The highest BCUT2D eigenvalue weighted by molar-refractivity contribution is 7.99. The third-order valence-corrected chi connectivity index (χ3v) is 4.90. The van der Waals surface area contributed by atoms with E-state index in [1.165, 1.54) is 21.1 Å². The van der Waals surface area contributed by atoms with Crippen LogP contribution in [0.4, 0.5) is 10.1 Å². The third kappa shape index (κ3) is 3.52. The van der Waals surface area contributed by atoms with Crippen LogP contribution in [-0.2, 0) is 4.79 Å². The largest absolute Gasteiger partial charge is 0.323 e. The number of benzene rings is 2. The van der Waals surface area contributed by atoms with Gasteiger partial charge in [-0.15, -0.1) is 10.2 Å². The van der Waals surface area contributed by atoms with Crippen molar-refractivity contribution in [3.05, 3.63) is 83.2 Å². The fourth-order valence-corrected chi connectivity index (χ4v) is 3.35. The number of aromatic nitrogens is 4. The van der Waals surface area contributed by atoms with Gasteiger partial charge in [-0.2, -0.15) is 0 Å². The summed E-state index contributed by atoms with van der Waals surface area (Å²) in [6.45, 7) is 0. The van der Waals surface area contributed by atoms with E-state index in [9.17, 15) is 14.0 Å². The molecule has 1 amide bonds. The number of rotatable bonds is 5. The van der Waals surface area contributed by atoms with E-state index in [-0.39, 0.29) is 28.6 Å². The molecule has 2 heterocycles. The van der Waals surface area contributed by atoms with Crippen molar-refractivity contribution in [3.63, 3.8) is 0 Å². The first kappa shape index (κ1) is 17.9. The van der Waals surface area contributed by atoms with Crippen molar-refractivity contribution in [1.82, 2.24) is 19.2 Å². The van der Waals surface area contributed by atoms with Gasteiger partial charge in [0.1, 0.15) is 5.82 Å². The van der Waals surface area contributed by atoms with E-state index in [1.54, 1.807) is 24.5 Å². The van der Waals surface area contributed by atoms with Gasteiger partial charge in [-0.1, -0.05) is 42.1 Å². The maximum atomic E-state index is 13.6. The Balaban J connectivity index is 1.52. The molecule has 0 spiro atoms. The number of para-hydroxylation sites is 2. The minimum Gasteiger partial charge on any atom is -0.323 e. The number of halogens is 1. The highest BCUT2D eigenvalue weighted by Crippen LogP contribution is 2.18. The lowest BCUT2D eigenvalue weighted by Gasteiger charge is -2.07. The molecule has 0 saturated carbocycles. The van der Waals surface area contributed by atoms with Crippen molar-refractivity contribution in [2.24, 2.45) is 0 Å². The van der Waals surface area contributed by atoms with Crippen molar-refractivity contribution in [3.8, 4) is 5.69 Å². The molecule has 0 aliphatic carbocycles. The van der Waals surface area contributed by atoms with Crippen molar-refractivity contribution < 1.29 is 9.18 Å². The predicted molar refractivity (Wildman–Crippen MR) is 104 cm³/mol. The molecule has 4 rings (SSSR count). The number of carbonyl (C=O) groups excluding carboxylic acids is 1. The molecule has 1 N–H and O–H groups in total. The Labute approximate surface area is 162 Å². The Morgan fingerprint density at radius 3 is 2.57 bits per heavy atom. The first-order valence-corrected chi connectivity index (χ1v) is 9.31. The van der Waals surface area contributed by atoms with Crippen molar-refractivity contribution in [2.45, 2.75) is 5.16 Å². The molecule has 0 saturated heterocycles. The average Bonchev–Trinajstić information content (AvgIpc) is 3.13. The maximum Gasteiger partial charge on any atom is 0.300 e. The van der Waals surface area contributed by atoms with Gasteiger partial charge in [0, 0.05) is 18.1 Å². The molecule has 28 heavy (non-hydrogen) atoms. The molecule has 0 aliphatic rings. The zero-order valence-corrected chi connectivity index (χ0v) is 15.3. The van der Waals surface area contributed by atoms with Crippen LogP contribution in [-0.4, -0.2) is 30.8 Å². The summed E-state index contributed by atoms with van der Waals surface area (Å²) < 4.78 is 16.6. The second kappa shape index (κ2) is 7.65. The molecular formula is C19H14FN5O2S. The zero-order chi connectivity index (χ0) is 19.5. The van der Waals surface area contributed by atoms with E-state index in [2.05, 4.69) is 15.5 Å². The lowest BCUT2D eigenvalue weighted by atomic mass is 10.3. The van der Waals surface area contributed by atoms with Gasteiger partial charge in [0.2, 0.25) is 11.6 Å². The van der Waals surface area contributed by atoms with Gasteiger partial charge in [0.25, 0.3) is 0 Å². The predicted octanol–water partition coefficient (Wildman–Crippen LogP) is 2.75. The molecule has 0 fully saturated rings.